The van der Waals surface area contributed by atoms with E-state index >= 15 is 0 Å². The van der Waals surface area contributed by atoms with Crippen LogP contribution < -0.4 is 0 Å². The third-order valence-corrected chi connectivity index (χ3v) is 4.40. The van der Waals surface area contributed by atoms with Gasteiger partial charge in [0.2, 0.25) is 0 Å². The SMILES string of the molecule is CC(C)(C)C1CCC2(CC1)OCC(CCl)O2. The van der Waals surface area contributed by atoms with Crippen LogP contribution in [0.15, 0.2) is 0 Å². The molecule has 3 heteroatoms. The van der Waals surface area contributed by atoms with E-state index in [0.717, 1.165) is 18.8 Å². The summed E-state index contributed by atoms with van der Waals surface area (Å²) in [4.78, 5) is 0. The molecule has 1 saturated carbocycles. The molecule has 0 aromatic rings. The number of hydrogen-bond acceptors (Lipinski definition) is 2. The van der Waals surface area contributed by atoms with E-state index in [-0.39, 0.29) is 11.9 Å². The summed E-state index contributed by atoms with van der Waals surface area (Å²) in [6, 6.07) is 0. The quantitative estimate of drug-likeness (QED) is 0.659. The van der Waals surface area contributed by atoms with E-state index in [2.05, 4.69) is 20.8 Å². The van der Waals surface area contributed by atoms with Crippen molar-refractivity contribution >= 4 is 11.6 Å². The second kappa shape index (κ2) is 4.47. The molecule has 1 spiro atoms. The van der Waals surface area contributed by atoms with E-state index in [9.17, 15) is 0 Å². The Morgan fingerprint density at radius 1 is 1.25 bits per heavy atom. The van der Waals surface area contributed by atoms with Crippen LogP contribution in [-0.2, 0) is 9.47 Å². The summed E-state index contributed by atoms with van der Waals surface area (Å²) >= 11 is 5.81. The van der Waals surface area contributed by atoms with Crippen LogP contribution >= 0.6 is 11.6 Å². The minimum Gasteiger partial charge on any atom is -0.347 e. The number of rotatable bonds is 1. The molecule has 2 rings (SSSR count). The Bertz CT molecular complexity index is 239. The summed E-state index contributed by atoms with van der Waals surface area (Å²) in [5.74, 6) is 1.05. The molecule has 94 valence electrons. The Morgan fingerprint density at radius 3 is 2.31 bits per heavy atom. The maximum absolute atomic E-state index is 5.95. The van der Waals surface area contributed by atoms with Gasteiger partial charge in [0.25, 0.3) is 0 Å². The van der Waals surface area contributed by atoms with Gasteiger partial charge in [0.15, 0.2) is 5.79 Å². The Kier molecular flexibility index (Phi) is 3.54. The standard InChI is InChI=1S/C13H23ClO2/c1-12(2,3)10-4-6-13(7-5-10)15-9-11(8-14)16-13/h10-11H,4-9H2,1-3H3. The minimum absolute atomic E-state index is 0.104. The van der Waals surface area contributed by atoms with Gasteiger partial charge in [-0.15, -0.1) is 11.6 Å². The fourth-order valence-electron chi connectivity index (χ4n) is 2.88. The zero-order valence-corrected chi connectivity index (χ0v) is 11.3. The molecule has 1 aliphatic carbocycles. The van der Waals surface area contributed by atoms with Gasteiger partial charge < -0.3 is 9.47 Å². The van der Waals surface area contributed by atoms with Gasteiger partial charge >= 0.3 is 0 Å². The molecule has 0 bridgehead atoms. The summed E-state index contributed by atoms with van der Waals surface area (Å²) in [6.45, 7) is 7.65. The highest BCUT2D eigenvalue weighted by Gasteiger charge is 2.45. The fraction of sp³-hybridized carbons (Fsp3) is 1.00. The van der Waals surface area contributed by atoms with E-state index in [1.54, 1.807) is 0 Å². The van der Waals surface area contributed by atoms with Crippen molar-refractivity contribution in [1.82, 2.24) is 0 Å². The van der Waals surface area contributed by atoms with Crippen molar-refractivity contribution in [2.45, 2.75) is 58.3 Å². The topological polar surface area (TPSA) is 18.5 Å². The van der Waals surface area contributed by atoms with Gasteiger partial charge in [0, 0.05) is 12.8 Å². The maximum Gasteiger partial charge on any atom is 0.168 e. The lowest BCUT2D eigenvalue weighted by molar-refractivity contribution is -0.194. The molecule has 16 heavy (non-hydrogen) atoms. The van der Waals surface area contributed by atoms with Gasteiger partial charge in [-0.05, 0) is 24.2 Å². The number of hydrogen-bond donors (Lipinski definition) is 0. The van der Waals surface area contributed by atoms with E-state index in [1.807, 2.05) is 0 Å². The molecule has 0 N–H and O–H groups in total. The molecule has 2 nitrogen and oxygen atoms in total. The van der Waals surface area contributed by atoms with E-state index in [1.165, 1.54) is 12.8 Å². The first-order chi connectivity index (χ1) is 7.45. The Balaban J connectivity index is 1.90. The summed E-state index contributed by atoms with van der Waals surface area (Å²) < 4.78 is 11.8. The monoisotopic (exact) mass is 246 g/mol. The van der Waals surface area contributed by atoms with Crippen molar-refractivity contribution in [1.29, 1.82) is 0 Å². The average molecular weight is 247 g/mol. The largest absolute Gasteiger partial charge is 0.347 e. The van der Waals surface area contributed by atoms with Gasteiger partial charge in [-0.2, -0.15) is 0 Å². The van der Waals surface area contributed by atoms with Crippen molar-refractivity contribution in [3.8, 4) is 0 Å². The predicted octanol–water partition coefficient (Wildman–Crippen LogP) is 3.57. The van der Waals surface area contributed by atoms with Crippen LogP contribution in [0.3, 0.4) is 0 Å². The molecule has 1 aliphatic heterocycles. The van der Waals surface area contributed by atoms with Crippen LogP contribution in [0.25, 0.3) is 0 Å². The molecular formula is C13H23ClO2. The third-order valence-electron chi connectivity index (χ3n) is 4.06. The molecule has 0 aromatic heterocycles. The van der Waals surface area contributed by atoms with Gasteiger partial charge in [0.1, 0.15) is 0 Å². The predicted molar refractivity (Wildman–Crippen MR) is 65.7 cm³/mol. The average Bonchev–Trinajstić information content (AvgIpc) is 2.61. The molecule has 2 fully saturated rings. The molecule has 0 aromatic carbocycles. The van der Waals surface area contributed by atoms with Crippen molar-refractivity contribution in [3.05, 3.63) is 0 Å². The van der Waals surface area contributed by atoms with Gasteiger partial charge in [-0.25, -0.2) is 0 Å². The van der Waals surface area contributed by atoms with Crippen LogP contribution in [0.2, 0.25) is 0 Å². The number of alkyl halides is 1. The smallest absolute Gasteiger partial charge is 0.168 e. The van der Waals surface area contributed by atoms with Gasteiger partial charge in [-0.3, -0.25) is 0 Å². The van der Waals surface area contributed by atoms with Crippen molar-refractivity contribution in [2.75, 3.05) is 12.5 Å². The summed E-state index contributed by atoms with van der Waals surface area (Å²) in [5, 5.41) is 0. The molecule has 0 radical (unpaired) electrons. The van der Waals surface area contributed by atoms with Crippen molar-refractivity contribution < 1.29 is 9.47 Å². The zero-order chi connectivity index (χ0) is 11.8. The number of halogens is 1. The Labute approximate surface area is 104 Å². The van der Waals surface area contributed by atoms with Crippen molar-refractivity contribution in [2.24, 2.45) is 11.3 Å². The van der Waals surface area contributed by atoms with Crippen molar-refractivity contribution in [3.63, 3.8) is 0 Å². The number of ether oxygens (including phenoxy) is 2. The lowest BCUT2D eigenvalue weighted by Gasteiger charge is -2.41. The highest BCUT2D eigenvalue weighted by Crippen LogP contribution is 2.45. The van der Waals surface area contributed by atoms with Crippen LogP contribution in [0.1, 0.15) is 46.5 Å². The summed E-state index contributed by atoms with van der Waals surface area (Å²) in [7, 11) is 0. The molecule has 1 atom stereocenters. The molecule has 2 aliphatic rings. The molecule has 1 unspecified atom stereocenters. The second-order valence-electron chi connectivity index (χ2n) is 6.26. The van der Waals surface area contributed by atoms with Crippen LogP contribution in [0.5, 0.6) is 0 Å². The molecule has 0 amide bonds. The first-order valence-corrected chi connectivity index (χ1v) is 6.86. The third kappa shape index (κ3) is 2.55. The van der Waals surface area contributed by atoms with Gasteiger partial charge in [-0.1, -0.05) is 20.8 Å². The summed E-state index contributed by atoms with van der Waals surface area (Å²) in [5.41, 5.74) is 0.409. The fourth-order valence-corrected chi connectivity index (χ4v) is 3.03. The molecular weight excluding hydrogens is 224 g/mol. The lowest BCUT2D eigenvalue weighted by atomic mass is 9.71. The Hall–Kier alpha value is 0.210. The van der Waals surface area contributed by atoms with E-state index < -0.39 is 0 Å². The highest BCUT2D eigenvalue weighted by atomic mass is 35.5. The van der Waals surface area contributed by atoms with E-state index in [0.29, 0.717) is 17.9 Å². The lowest BCUT2D eigenvalue weighted by Crippen LogP contribution is -2.38. The maximum atomic E-state index is 5.95. The van der Waals surface area contributed by atoms with Crippen LogP contribution in [0, 0.1) is 11.3 Å². The normalized spacial score (nSPS) is 40.5. The molecule has 1 heterocycles. The molecule has 1 saturated heterocycles. The van der Waals surface area contributed by atoms with Crippen LogP contribution in [0.4, 0.5) is 0 Å². The zero-order valence-electron chi connectivity index (χ0n) is 10.6. The highest BCUT2D eigenvalue weighted by molar-refractivity contribution is 6.18. The Morgan fingerprint density at radius 2 is 1.88 bits per heavy atom. The first-order valence-electron chi connectivity index (χ1n) is 6.33. The van der Waals surface area contributed by atoms with E-state index in [4.69, 9.17) is 21.1 Å². The summed E-state index contributed by atoms with van der Waals surface area (Å²) in [6.07, 6.45) is 4.58. The minimum atomic E-state index is -0.290. The second-order valence-corrected chi connectivity index (χ2v) is 6.56. The van der Waals surface area contributed by atoms with Crippen LogP contribution in [-0.4, -0.2) is 24.4 Å². The van der Waals surface area contributed by atoms with Gasteiger partial charge in [0.05, 0.1) is 18.6 Å². The first kappa shape index (κ1) is 12.7.